The number of nitrogens with one attached hydrogen (secondary N) is 2. The summed E-state index contributed by atoms with van der Waals surface area (Å²) >= 11 is 0.790. The minimum atomic E-state index is -3.72. The summed E-state index contributed by atoms with van der Waals surface area (Å²) in [6.07, 6.45) is -1.30. The summed E-state index contributed by atoms with van der Waals surface area (Å²) in [5.74, 6) is -3.15. The zero-order valence-corrected chi connectivity index (χ0v) is 20.2. The van der Waals surface area contributed by atoms with Crippen molar-refractivity contribution in [1.82, 2.24) is 5.32 Å². The number of carbonyl (C=O) groups is 4. The maximum Gasteiger partial charge on any atom is 0.413 e. The van der Waals surface area contributed by atoms with E-state index in [1.165, 1.54) is 6.92 Å². The van der Waals surface area contributed by atoms with Crippen molar-refractivity contribution >= 4 is 50.1 Å². The molecule has 10 nitrogen and oxygen atoms in total. The van der Waals surface area contributed by atoms with E-state index in [0.717, 1.165) is 42.7 Å². The number of hydrogen-bond donors (Lipinski definition) is 2. The van der Waals surface area contributed by atoms with Crippen molar-refractivity contribution in [1.29, 1.82) is 0 Å². The summed E-state index contributed by atoms with van der Waals surface area (Å²) in [4.78, 5) is 48.7. The summed E-state index contributed by atoms with van der Waals surface area (Å²) in [7, 11) is -2.66. The van der Waals surface area contributed by atoms with Crippen molar-refractivity contribution in [2.45, 2.75) is 31.6 Å². The van der Waals surface area contributed by atoms with Crippen LogP contribution in [-0.4, -0.2) is 51.8 Å². The lowest BCUT2D eigenvalue weighted by Gasteiger charge is -2.08. The number of anilines is 1. The molecule has 0 fully saturated rings. The minimum absolute atomic E-state index is 0.00616. The number of carbonyl (C=O) groups excluding carboxylic acids is 4. The van der Waals surface area contributed by atoms with Gasteiger partial charge in [0, 0.05) is 6.42 Å². The van der Waals surface area contributed by atoms with Gasteiger partial charge in [-0.2, -0.15) is 0 Å². The highest BCUT2D eigenvalue weighted by atomic mass is 32.2. The van der Waals surface area contributed by atoms with Gasteiger partial charge in [-0.1, -0.05) is 0 Å². The molecule has 0 radical (unpaired) electrons. The molecule has 34 heavy (non-hydrogen) atoms. The molecule has 0 unspecified atom stereocenters. The second-order valence-corrected chi connectivity index (χ2v) is 9.98. The Bertz CT molecular complexity index is 1190. The highest BCUT2D eigenvalue weighted by molar-refractivity contribution is 7.91. The summed E-state index contributed by atoms with van der Waals surface area (Å²) in [5, 5.41) is 4.45. The summed E-state index contributed by atoms with van der Waals surface area (Å²) in [5.41, 5.74) is 0.0739. The summed E-state index contributed by atoms with van der Waals surface area (Å²) < 4.78 is 47.1. The van der Waals surface area contributed by atoms with Gasteiger partial charge in [-0.3, -0.25) is 14.9 Å². The third-order valence-electron chi connectivity index (χ3n) is 4.48. The monoisotopic (exact) mass is 514 g/mol. The van der Waals surface area contributed by atoms with Crippen LogP contribution in [0.5, 0.6) is 0 Å². The highest BCUT2D eigenvalue weighted by Gasteiger charge is 2.27. The van der Waals surface area contributed by atoms with Crippen LogP contribution in [0.25, 0.3) is 0 Å². The van der Waals surface area contributed by atoms with Crippen LogP contribution < -0.4 is 10.6 Å². The first-order valence-corrected chi connectivity index (χ1v) is 12.4. The average Bonchev–Trinajstić information content (AvgIpc) is 3.09. The first-order chi connectivity index (χ1) is 16.0. The standard InChI is InChI=1S/C21H23FN2O8S2/c1-4-32-20(27)17-12(2)16(18(26)24-21(28)31-3)19(33-17)23-15(25)6-5-11-34(29,30)14-9-7-13(22)8-10-14/h7-10H,4-6,11H2,1-3H3,(H,23,25)(H,24,26,28). The Hall–Kier alpha value is -3.32. The topological polar surface area (TPSA) is 145 Å². The fourth-order valence-electron chi connectivity index (χ4n) is 2.84. The Labute approximate surface area is 199 Å². The molecule has 2 aromatic rings. The van der Waals surface area contributed by atoms with E-state index in [4.69, 9.17) is 4.74 Å². The first kappa shape index (κ1) is 26.9. The van der Waals surface area contributed by atoms with Crippen LogP contribution in [0.4, 0.5) is 14.2 Å². The molecule has 2 N–H and O–H groups in total. The van der Waals surface area contributed by atoms with Crippen molar-refractivity contribution in [3.63, 3.8) is 0 Å². The zero-order valence-electron chi connectivity index (χ0n) is 18.6. The van der Waals surface area contributed by atoms with Crippen LogP contribution in [0.3, 0.4) is 0 Å². The number of hydrogen-bond acceptors (Lipinski definition) is 9. The lowest BCUT2D eigenvalue weighted by atomic mass is 10.1. The van der Waals surface area contributed by atoms with Gasteiger partial charge in [0.15, 0.2) is 9.84 Å². The van der Waals surface area contributed by atoms with Gasteiger partial charge in [-0.15, -0.1) is 11.3 Å². The van der Waals surface area contributed by atoms with E-state index in [1.54, 1.807) is 6.92 Å². The van der Waals surface area contributed by atoms with E-state index >= 15 is 0 Å². The number of ether oxygens (including phenoxy) is 2. The molecular formula is C21H23FN2O8S2. The van der Waals surface area contributed by atoms with Gasteiger partial charge in [0.2, 0.25) is 5.91 Å². The molecule has 0 spiro atoms. The van der Waals surface area contributed by atoms with Crippen LogP contribution in [0.1, 0.15) is 45.4 Å². The van der Waals surface area contributed by atoms with E-state index in [9.17, 15) is 32.0 Å². The van der Waals surface area contributed by atoms with Crippen molar-refractivity contribution in [2.24, 2.45) is 0 Å². The molecule has 0 saturated heterocycles. The number of esters is 1. The second-order valence-electron chi connectivity index (χ2n) is 6.85. The molecule has 1 aromatic heterocycles. The SMILES string of the molecule is CCOC(=O)c1sc(NC(=O)CCCS(=O)(=O)c2ccc(F)cc2)c(C(=O)NC(=O)OC)c1C. The van der Waals surface area contributed by atoms with Gasteiger partial charge >= 0.3 is 12.1 Å². The lowest BCUT2D eigenvalue weighted by molar-refractivity contribution is -0.116. The Morgan fingerprint density at radius 1 is 1.12 bits per heavy atom. The fourth-order valence-corrected chi connectivity index (χ4v) is 5.27. The van der Waals surface area contributed by atoms with Gasteiger partial charge in [-0.05, 0) is 50.1 Å². The van der Waals surface area contributed by atoms with E-state index in [1.807, 2.05) is 5.32 Å². The van der Waals surface area contributed by atoms with Crippen molar-refractivity contribution in [3.05, 3.63) is 46.1 Å². The fraction of sp³-hybridized carbons (Fsp3) is 0.333. The predicted molar refractivity (Wildman–Crippen MR) is 121 cm³/mol. The van der Waals surface area contributed by atoms with E-state index in [2.05, 4.69) is 10.1 Å². The normalized spacial score (nSPS) is 10.9. The van der Waals surface area contributed by atoms with Gasteiger partial charge in [0.05, 0.1) is 29.9 Å². The van der Waals surface area contributed by atoms with E-state index in [-0.39, 0.29) is 51.1 Å². The van der Waals surface area contributed by atoms with Crippen LogP contribution >= 0.6 is 11.3 Å². The number of imide groups is 1. The smallest absolute Gasteiger partial charge is 0.413 e. The van der Waals surface area contributed by atoms with Crippen molar-refractivity contribution in [2.75, 3.05) is 24.8 Å². The molecule has 0 aliphatic heterocycles. The van der Waals surface area contributed by atoms with Crippen LogP contribution in [0.15, 0.2) is 29.2 Å². The van der Waals surface area contributed by atoms with Gasteiger partial charge in [0.1, 0.15) is 15.7 Å². The third-order valence-corrected chi connectivity index (χ3v) is 7.48. The number of thiophene rings is 1. The zero-order chi connectivity index (χ0) is 25.5. The summed E-state index contributed by atoms with van der Waals surface area (Å²) in [6, 6.07) is 4.34. The van der Waals surface area contributed by atoms with Crippen molar-refractivity contribution in [3.8, 4) is 0 Å². The molecule has 3 amide bonds. The number of amides is 3. The molecule has 0 aliphatic carbocycles. The molecule has 0 atom stereocenters. The molecule has 13 heteroatoms. The highest BCUT2D eigenvalue weighted by Crippen LogP contribution is 2.34. The second kappa shape index (κ2) is 11.7. The Morgan fingerprint density at radius 3 is 2.35 bits per heavy atom. The largest absolute Gasteiger partial charge is 0.462 e. The molecule has 1 aromatic carbocycles. The molecule has 0 bridgehead atoms. The molecule has 1 heterocycles. The average molecular weight is 515 g/mol. The number of halogens is 1. The summed E-state index contributed by atoms with van der Waals surface area (Å²) in [6.45, 7) is 3.15. The third kappa shape index (κ3) is 6.84. The minimum Gasteiger partial charge on any atom is -0.462 e. The van der Waals surface area contributed by atoms with Crippen LogP contribution in [0, 0.1) is 12.7 Å². The van der Waals surface area contributed by atoms with E-state index < -0.39 is 39.5 Å². The Morgan fingerprint density at radius 2 is 1.76 bits per heavy atom. The maximum atomic E-state index is 13.0. The number of sulfone groups is 1. The van der Waals surface area contributed by atoms with Crippen LogP contribution in [0.2, 0.25) is 0 Å². The van der Waals surface area contributed by atoms with Gasteiger partial charge in [0.25, 0.3) is 5.91 Å². The van der Waals surface area contributed by atoms with Crippen LogP contribution in [-0.2, 0) is 24.1 Å². The van der Waals surface area contributed by atoms with E-state index in [0.29, 0.717) is 0 Å². The Balaban J connectivity index is 2.15. The molecule has 0 saturated carbocycles. The molecular weight excluding hydrogens is 491 g/mol. The number of methoxy groups -OCH3 is 1. The molecule has 2 rings (SSSR count). The first-order valence-electron chi connectivity index (χ1n) is 9.98. The number of alkyl carbamates (subject to hydrolysis) is 1. The lowest BCUT2D eigenvalue weighted by Crippen LogP contribution is -2.31. The molecule has 184 valence electrons. The quantitative estimate of drug-likeness (QED) is 0.384. The predicted octanol–water partition coefficient (Wildman–Crippen LogP) is 3.06. The Kier molecular flexibility index (Phi) is 9.27. The number of rotatable bonds is 9. The van der Waals surface area contributed by atoms with Gasteiger partial charge < -0.3 is 14.8 Å². The van der Waals surface area contributed by atoms with Crippen molar-refractivity contribution < 1.29 is 41.5 Å². The maximum absolute atomic E-state index is 13.0. The van der Waals surface area contributed by atoms with Gasteiger partial charge in [-0.25, -0.2) is 22.4 Å². The molecule has 0 aliphatic rings. The number of benzene rings is 1.